The Morgan fingerprint density at radius 1 is 1.47 bits per heavy atom. The van der Waals surface area contributed by atoms with Gasteiger partial charge in [0.15, 0.2) is 0 Å². The van der Waals surface area contributed by atoms with Crippen LogP contribution in [0.4, 0.5) is 5.69 Å². The summed E-state index contributed by atoms with van der Waals surface area (Å²) in [4.78, 5) is 15.1. The Balaban J connectivity index is 2.41. The fraction of sp³-hybridized carbons (Fsp3) is 0.0909. The molecule has 1 N–H and O–H groups in total. The summed E-state index contributed by atoms with van der Waals surface area (Å²) in [6, 6.07) is 5.20. The SMILES string of the molecule is O=C(O)c1cc2c3c(ccn3CC=N2)c1. The number of carboxylic acid groups (broad SMARTS) is 1. The van der Waals surface area contributed by atoms with E-state index in [9.17, 15) is 4.79 Å². The molecule has 0 saturated carbocycles. The number of aromatic nitrogens is 1. The van der Waals surface area contributed by atoms with Crippen LogP contribution in [-0.2, 0) is 6.54 Å². The average molecular weight is 200 g/mol. The smallest absolute Gasteiger partial charge is 0.335 e. The molecule has 74 valence electrons. The van der Waals surface area contributed by atoms with Gasteiger partial charge in [-0.15, -0.1) is 0 Å². The van der Waals surface area contributed by atoms with Crippen LogP contribution in [0.15, 0.2) is 29.4 Å². The third-order valence-electron chi connectivity index (χ3n) is 2.60. The minimum atomic E-state index is -0.915. The topological polar surface area (TPSA) is 54.6 Å². The Labute approximate surface area is 85.5 Å². The van der Waals surface area contributed by atoms with Crippen LogP contribution in [0.25, 0.3) is 10.9 Å². The van der Waals surface area contributed by atoms with E-state index in [1.54, 1.807) is 18.3 Å². The second-order valence-electron chi connectivity index (χ2n) is 3.52. The molecule has 0 amide bonds. The largest absolute Gasteiger partial charge is 0.478 e. The van der Waals surface area contributed by atoms with Crippen molar-refractivity contribution in [2.75, 3.05) is 0 Å². The predicted molar refractivity (Wildman–Crippen MR) is 57.0 cm³/mol. The van der Waals surface area contributed by atoms with E-state index in [0.29, 0.717) is 0 Å². The molecule has 0 atom stereocenters. The maximum Gasteiger partial charge on any atom is 0.335 e. The standard InChI is InChI=1S/C11H8N2O2/c14-11(15)8-5-7-1-3-13-4-2-12-9(6-8)10(7)13/h1-3,5-6H,4H2,(H,14,15). The molecule has 2 heterocycles. The van der Waals surface area contributed by atoms with Crippen molar-refractivity contribution in [1.29, 1.82) is 0 Å². The zero-order chi connectivity index (χ0) is 10.4. The van der Waals surface area contributed by atoms with Crippen LogP contribution in [-0.4, -0.2) is 21.9 Å². The zero-order valence-corrected chi connectivity index (χ0v) is 7.84. The molecule has 0 unspecified atom stereocenters. The van der Waals surface area contributed by atoms with Gasteiger partial charge in [-0.05, 0) is 18.2 Å². The lowest BCUT2D eigenvalue weighted by Crippen LogP contribution is -2.02. The van der Waals surface area contributed by atoms with E-state index in [-0.39, 0.29) is 5.56 Å². The molecule has 0 radical (unpaired) electrons. The van der Waals surface area contributed by atoms with Crippen molar-refractivity contribution in [3.05, 3.63) is 30.0 Å². The van der Waals surface area contributed by atoms with Crippen LogP contribution >= 0.6 is 0 Å². The predicted octanol–water partition coefficient (Wildman–Crippen LogP) is 2.06. The van der Waals surface area contributed by atoms with Gasteiger partial charge in [0.2, 0.25) is 0 Å². The lowest BCUT2D eigenvalue weighted by molar-refractivity contribution is 0.0697. The van der Waals surface area contributed by atoms with E-state index in [2.05, 4.69) is 9.56 Å². The van der Waals surface area contributed by atoms with Crippen molar-refractivity contribution >= 4 is 28.8 Å². The Kier molecular flexibility index (Phi) is 1.48. The number of carbonyl (C=O) groups is 1. The van der Waals surface area contributed by atoms with Crippen molar-refractivity contribution in [2.45, 2.75) is 6.54 Å². The minimum Gasteiger partial charge on any atom is -0.478 e. The van der Waals surface area contributed by atoms with Gasteiger partial charge in [-0.3, -0.25) is 4.99 Å². The Hall–Kier alpha value is -2.10. The summed E-state index contributed by atoms with van der Waals surface area (Å²) in [7, 11) is 0. The van der Waals surface area contributed by atoms with E-state index in [1.807, 2.05) is 12.3 Å². The van der Waals surface area contributed by atoms with Crippen molar-refractivity contribution in [1.82, 2.24) is 4.57 Å². The van der Waals surface area contributed by atoms with Gasteiger partial charge in [0.25, 0.3) is 0 Å². The molecule has 1 aromatic carbocycles. The van der Waals surface area contributed by atoms with Crippen LogP contribution in [0, 0.1) is 0 Å². The summed E-state index contributed by atoms with van der Waals surface area (Å²) in [5.41, 5.74) is 2.04. The lowest BCUT2D eigenvalue weighted by atomic mass is 10.1. The summed E-state index contributed by atoms with van der Waals surface area (Å²) >= 11 is 0. The summed E-state index contributed by atoms with van der Waals surface area (Å²) in [6.07, 6.45) is 3.73. The van der Waals surface area contributed by atoms with E-state index >= 15 is 0 Å². The molecule has 0 saturated heterocycles. The number of hydrogen-bond acceptors (Lipinski definition) is 2. The van der Waals surface area contributed by atoms with Gasteiger partial charge in [-0.1, -0.05) is 0 Å². The molecule has 1 aromatic heterocycles. The van der Waals surface area contributed by atoms with Gasteiger partial charge >= 0.3 is 5.97 Å². The fourth-order valence-electron chi connectivity index (χ4n) is 1.93. The molecule has 4 nitrogen and oxygen atoms in total. The maximum atomic E-state index is 10.9. The van der Waals surface area contributed by atoms with E-state index < -0.39 is 5.97 Å². The third kappa shape index (κ3) is 1.08. The number of aliphatic imine (C=N–C) groups is 1. The summed E-state index contributed by atoms with van der Waals surface area (Å²) in [5, 5.41) is 9.86. The van der Waals surface area contributed by atoms with Crippen LogP contribution in [0.1, 0.15) is 10.4 Å². The molecule has 2 aromatic rings. The molecule has 3 rings (SSSR count). The van der Waals surface area contributed by atoms with E-state index in [1.165, 1.54) is 0 Å². The molecular formula is C11H8N2O2. The molecule has 0 fully saturated rings. The highest BCUT2D eigenvalue weighted by Crippen LogP contribution is 2.30. The molecular weight excluding hydrogens is 192 g/mol. The Morgan fingerprint density at radius 3 is 3.13 bits per heavy atom. The highest BCUT2D eigenvalue weighted by atomic mass is 16.4. The molecule has 1 aliphatic rings. The van der Waals surface area contributed by atoms with Gasteiger partial charge in [0.05, 0.1) is 23.3 Å². The third-order valence-corrected chi connectivity index (χ3v) is 2.60. The lowest BCUT2D eigenvalue weighted by Gasteiger charge is -2.10. The van der Waals surface area contributed by atoms with Crippen molar-refractivity contribution < 1.29 is 9.90 Å². The average Bonchev–Trinajstić information content (AvgIpc) is 2.64. The van der Waals surface area contributed by atoms with Gasteiger partial charge in [-0.25, -0.2) is 4.79 Å². The van der Waals surface area contributed by atoms with E-state index in [0.717, 1.165) is 23.1 Å². The minimum absolute atomic E-state index is 0.286. The number of hydrogen-bond donors (Lipinski definition) is 1. The monoisotopic (exact) mass is 200 g/mol. The highest BCUT2D eigenvalue weighted by Gasteiger charge is 2.13. The quantitative estimate of drug-likeness (QED) is 0.765. The van der Waals surface area contributed by atoms with Gasteiger partial charge in [0, 0.05) is 17.8 Å². The molecule has 0 spiro atoms. The first-order chi connectivity index (χ1) is 7.25. The summed E-state index contributed by atoms with van der Waals surface area (Å²) in [6.45, 7) is 0.753. The first-order valence-electron chi connectivity index (χ1n) is 4.64. The van der Waals surface area contributed by atoms with Crippen LogP contribution in [0.5, 0.6) is 0 Å². The normalized spacial score (nSPS) is 13.3. The van der Waals surface area contributed by atoms with Crippen molar-refractivity contribution in [3.8, 4) is 0 Å². The molecule has 15 heavy (non-hydrogen) atoms. The molecule has 0 aliphatic carbocycles. The highest BCUT2D eigenvalue weighted by molar-refractivity contribution is 6.00. The second-order valence-corrected chi connectivity index (χ2v) is 3.52. The number of carboxylic acids is 1. The number of benzene rings is 1. The number of aromatic carboxylic acids is 1. The van der Waals surface area contributed by atoms with E-state index in [4.69, 9.17) is 5.11 Å². The van der Waals surface area contributed by atoms with Crippen LogP contribution < -0.4 is 0 Å². The molecule has 0 bridgehead atoms. The molecule has 4 heteroatoms. The van der Waals surface area contributed by atoms with Crippen molar-refractivity contribution in [2.24, 2.45) is 4.99 Å². The second kappa shape index (κ2) is 2.70. The number of nitrogens with zero attached hydrogens (tertiary/aromatic N) is 2. The summed E-state index contributed by atoms with van der Waals surface area (Å²) < 4.78 is 2.06. The Morgan fingerprint density at radius 2 is 2.33 bits per heavy atom. The summed E-state index contributed by atoms with van der Waals surface area (Å²) in [5.74, 6) is -0.915. The number of rotatable bonds is 1. The maximum absolute atomic E-state index is 10.9. The van der Waals surface area contributed by atoms with Crippen LogP contribution in [0.3, 0.4) is 0 Å². The first-order valence-corrected chi connectivity index (χ1v) is 4.64. The zero-order valence-electron chi connectivity index (χ0n) is 7.84. The van der Waals surface area contributed by atoms with Gasteiger partial charge in [-0.2, -0.15) is 0 Å². The first kappa shape index (κ1) is 8.23. The van der Waals surface area contributed by atoms with Crippen LogP contribution in [0.2, 0.25) is 0 Å². The van der Waals surface area contributed by atoms with Crippen molar-refractivity contribution in [3.63, 3.8) is 0 Å². The van der Waals surface area contributed by atoms with Gasteiger partial charge < -0.3 is 9.67 Å². The van der Waals surface area contributed by atoms with Gasteiger partial charge in [0.1, 0.15) is 0 Å². The Bertz CT molecular complexity index is 596. The molecule has 1 aliphatic heterocycles. The fourth-order valence-corrected chi connectivity index (χ4v) is 1.93.